The van der Waals surface area contributed by atoms with Crippen molar-refractivity contribution in [1.29, 1.82) is 5.26 Å². The molecule has 0 unspecified atom stereocenters. The SMILES string of the molecule is C[C@@H](COCc1cccc(NS(C)(=O)=O)n1)N[C@H]1CC[C@H](Nc2cc(-c3cccc(NCC4(C#N)CCOCC4)n3)c(Cl)cn2)CC1. The molecular formula is C33H43ClN8O4S. The van der Waals surface area contributed by atoms with Gasteiger partial charge in [-0.1, -0.05) is 23.7 Å². The number of rotatable bonds is 14. The van der Waals surface area contributed by atoms with Crippen molar-refractivity contribution in [3.05, 3.63) is 59.4 Å². The number of hydrogen-bond donors (Lipinski definition) is 4. The van der Waals surface area contributed by atoms with E-state index in [1.807, 2.05) is 30.3 Å². The van der Waals surface area contributed by atoms with Gasteiger partial charge in [0, 0.05) is 49.6 Å². The topological polar surface area (TPSA) is 163 Å². The van der Waals surface area contributed by atoms with Crippen LogP contribution in [0.3, 0.4) is 0 Å². The molecule has 0 radical (unpaired) electrons. The van der Waals surface area contributed by atoms with Crippen LogP contribution in [0.25, 0.3) is 11.3 Å². The Morgan fingerprint density at radius 2 is 1.79 bits per heavy atom. The predicted molar refractivity (Wildman–Crippen MR) is 184 cm³/mol. The van der Waals surface area contributed by atoms with Crippen molar-refractivity contribution in [3.8, 4) is 17.3 Å². The number of hydrogen-bond acceptors (Lipinski definition) is 11. The first-order valence-electron chi connectivity index (χ1n) is 16.0. The van der Waals surface area contributed by atoms with E-state index in [4.69, 9.17) is 26.1 Å². The predicted octanol–water partition coefficient (Wildman–Crippen LogP) is 5.21. The van der Waals surface area contributed by atoms with Crippen molar-refractivity contribution >= 4 is 39.1 Å². The number of aromatic nitrogens is 3. The first-order chi connectivity index (χ1) is 22.6. The minimum atomic E-state index is -3.38. The van der Waals surface area contributed by atoms with Gasteiger partial charge in [-0.3, -0.25) is 4.72 Å². The van der Waals surface area contributed by atoms with Crippen molar-refractivity contribution in [2.24, 2.45) is 5.41 Å². The van der Waals surface area contributed by atoms with Crippen LogP contribution in [0.2, 0.25) is 5.02 Å². The standard InChI is InChI=1S/C33H43ClN8O4S/c1-23(19-46-20-26-5-3-8-31(40-26)42-47(2,43)44)38-24-9-11-25(12-10-24)39-32-17-27(28(34)18-36-32)29-6-4-7-30(41-29)37-22-33(21-35)13-15-45-16-14-33/h3-8,17-18,23-25,38H,9-16,19-20,22H2,1-2H3,(H,36,39)(H,37,41)(H,40,42)/t23-,24-,25-/m0/s1. The maximum atomic E-state index is 11.5. The number of nitrogens with one attached hydrogen (secondary N) is 4. The molecule has 3 aromatic rings. The van der Waals surface area contributed by atoms with Gasteiger partial charge >= 0.3 is 0 Å². The first kappa shape index (κ1) is 34.8. The van der Waals surface area contributed by atoms with Gasteiger partial charge < -0.3 is 25.4 Å². The van der Waals surface area contributed by atoms with Gasteiger partial charge in [0.25, 0.3) is 0 Å². The van der Waals surface area contributed by atoms with E-state index in [2.05, 4.69) is 43.6 Å². The molecule has 1 saturated heterocycles. The van der Waals surface area contributed by atoms with E-state index in [0.717, 1.165) is 49.0 Å². The fraction of sp³-hybridized carbons (Fsp3) is 0.515. The van der Waals surface area contributed by atoms with Crippen LogP contribution < -0.4 is 20.7 Å². The van der Waals surface area contributed by atoms with Crippen LogP contribution in [0.4, 0.5) is 17.5 Å². The van der Waals surface area contributed by atoms with E-state index in [1.165, 1.54) is 0 Å². The zero-order valence-electron chi connectivity index (χ0n) is 26.8. The lowest BCUT2D eigenvalue weighted by Gasteiger charge is -2.32. The number of nitrogens with zero attached hydrogens (tertiary/aromatic N) is 4. The zero-order valence-corrected chi connectivity index (χ0v) is 28.4. The Labute approximate surface area is 282 Å². The maximum Gasteiger partial charge on any atom is 0.230 e. The fourth-order valence-corrected chi connectivity index (χ4v) is 6.65. The van der Waals surface area contributed by atoms with Crippen LogP contribution in [-0.2, 0) is 26.1 Å². The Morgan fingerprint density at radius 1 is 1.06 bits per heavy atom. The summed E-state index contributed by atoms with van der Waals surface area (Å²) >= 11 is 6.58. The molecular weight excluding hydrogens is 640 g/mol. The van der Waals surface area contributed by atoms with Gasteiger partial charge in [0.1, 0.15) is 17.5 Å². The summed E-state index contributed by atoms with van der Waals surface area (Å²) in [5.74, 6) is 1.74. The highest BCUT2D eigenvalue weighted by Gasteiger charge is 2.32. The molecule has 5 rings (SSSR count). The Hall–Kier alpha value is -3.54. The smallest absolute Gasteiger partial charge is 0.230 e. The van der Waals surface area contributed by atoms with E-state index in [9.17, 15) is 13.7 Å². The summed E-state index contributed by atoms with van der Waals surface area (Å²) in [5, 5.41) is 20.9. The summed E-state index contributed by atoms with van der Waals surface area (Å²) in [4.78, 5) is 13.6. The third-order valence-corrected chi connectivity index (χ3v) is 9.37. The van der Waals surface area contributed by atoms with E-state index in [0.29, 0.717) is 74.4 Å². The van der Waals surface area contributed by atoms with Crippen molar-refractivity contribution < 1.29 is 17.9 Å². The summed E-state index contributed by atoms with van der Waals surface area (Å²) in [6, 6.07) is 16.2. The van der Waals surface area contributed by atoms with E-state index in [-0.39, 0.29) is 11.9 Å². The second-order valence-corrected chi connectivity index (χ2v) is 14.6. The van der Waals surface area contributed by atoms with Crippen LogP contribution in [0.1, 0.15) is 51.1 Å². The van der Waals surface area contributed by atoms with Crippen LogP contribution in [0.5, 0.6) is 0 Å². The highest BCUT2D eigenvalue weighted by atomic mass is 35.5. The summed E-state index contributed by atoms with van der Waals surface area (Å²) in [5.41, 5.74) is 1.75. The molecule has 4 heterocycles. The molecule has 252 valence electrons. The Balaban J connectivity index is 1.07. The van der Waals surface area contributed by atoms with Gasteiger partial charge in [-0.05, 0) is 75.8 Å². The second kappa shape index (κ2) is 16.0. The van der Waals surface area contributed by atoms with Crippen molar-refractivity contribution in [1.82, 2.24) is 20.3 Å². The molecule has 14 heteroatoms. The molecule has 2 fully saturated rings. The first-order valence-corrected chi connectivity index (χ1v) is 18.3. The molecule has 1 aliphatic heterocycles. The van der Waals surface area contributed by atoms with E-state index < -0.39 is 15.4 Å². The maximum absolute atomic E-state index is 11.5. The molecule has 3 aromatic heterocycles. The molecule has 4 N–H and O–H groups in total. The molecule has 1 aliphatic carbocycles. The number of halogens is 1. The molecule has 0 amide bonds. The quantitative estimate of drug-likeness (QED) is 0.176. The zero-order chi connectivity index (χ0) is 33.3. The van der Waals surface area contributed by atoms with Crippen LogP contribution in [-0.4, -0.2) is 74.1 Å². The molecule has 0 spiro atoms. The fourth-order valence-electron chi connectivity index (χ4n) is 5.96. The highest BCUT2D eigenvalue weighted by molar-refractivity contribution is 7.92. The van der Waals surface area contributed by atoms with Crippen LogP contribution in [0, 0.1) is 16.7 Å². The highest BCUT2D eigenvalue weighted by Crippen LogP contribution is 2.32. The third-order valence-electron chi connectivity index (χ3n) is 8.49. The van der Waals surface area contributed by atoms with E-state index >= 15 is 0 Å². The molecule has 0 bridgehead atoms. The summed E-state index contributed by atoms with van der Waals surface area (Å²) in [6.45, 7) is 4.63. The number of anilines is 3. The van der Waals surface area contributed by atoms with Gasteiger partial charge in [-0.2, -0.15) is 5.26 Å². The van der Waals surface area contributed by atoms with Crippen molar-refractivity contribution in [3.63, 3.8) is 0 Å². The molecule has 1 saturated carbocycles. The van der Waals surface area contributed by atoms with Crippen molar-refractivity contribution in [2.45, 2.75) is 70.2 Å². The van der Waals surface area contributed by atoms with Gasteiger partial charge in [0.05, 0.1) is 47.4 Å². The molecule has 1 atom stereocenters. The number of pyridine rings is 3. The molecule has 12 nitrogen and oxygen atoms in total. The lowest BCUT2D eigenvalue weighted by molar-refractivity contribution is 0.0455. The van der Waals surface area contributed by atoms with Crippen LogP contribution >= 0.6 is 11.6 Å². The third kappa shape index (κ3) is 10.5. The van der Waals surface area contributed by atoms with Gasteiger partial charge in [-0.25, -0.2) is 23.4 Å². The van der Waals surface area contributed by atoms with Gasteiger partial charge in [-0.15, -0.1) is 0 Å². The molecule has 2 aliphatic rings. The normalized spacial score (nSPS) is 20.1. The average molecular weight is 683 g/mol. The summed E-state index contributed by atoms with van der Waals surface area (Å²) in [6.07, 6.45) is 8.21. The lowest BCUT2D eigenvalue weighted by atomic mass is 9.82. The number of sulfonamides is 1. The number of ether oxygens (including phenoxy) is 2. The molecule has 47 heavy (non-hydrogen) atoms. The number of nitriles is 1. The summed E-state index contributed by atoms with van der Waals surface area (Å²) < 4.78 is 36.6. The minimum Gasteiger partial charge on any atom is -0.381 e. The largest absolute Gasteiger partial charge is 0.381 e. The Morgan fingerprint density at radius 3 is 2.53 bits per heavy atom. The second-order valence-electron chi connectivity index (χ2n) is 12.5. The van der Waals surface area contributed by atoms with Gasteiger partial charge in [0.15, 0.2) is 0 Å². The monoisotopic (exact) mass is 682 g/mol. The van der Waals surface area contributed by atoms with Gasteiger partial charge in [0.2, 0.25) is 10.0 Å². The summed E-state index contributed by atoms with van der Waals surface area (Å²) in [7, 11) is -3.38. The average Bonchev–Trinajstić information content (AvgIpc) is 3.05. The van der Waals surface area contributed by atoms with E-state index in [1.54, 1.807) is 18.3 Å². The van der Waals surface area contributed by atoms with Crippen LogP contribution in [0.15, 0.2) is 48.7 Å². The Bertz CT molecular complexity index is 1640. The minimum absolute atomic E-state index is 0.155. The van der Waals surface area contributed by atoms with Crippen molar-refractivity contribution in [2.75, 3.05) is 48.0 Å². The lowest BCUT2D eigenvalue weighted by Crippen LogP contribution is -2.43. The Kier molecular flexibility index (Phi) is 11.9. The molecule has 0 aromatic carbocycles.